The van der Waals surface area contributed by atoms with E-state index in [0.29, 0.717) is 6.42 Å². The van der Waals surface area contributed by atoms with Gasteiger partial charge in [-0.3, -0.25) is 9.59 Å². The number of carboxylic acid groups (broad SMARTS) is 1. The standard InChI is InChI=1S/C8H14ClNO.C2H4O2/c9-8(11)2-1-7-3-5-10-6-4-7;1-2(3)4/h7,10H,1-6H2;1H3,(H,3,4). The lowest BCUT2D eigenvalue weighted by Crippen LogP contribution is -2.27. The molecule has 1 heterocycles. The van der Waals surface area contributed by atoms with Crippen LogP contribution in [-0.2, 0) is 9.59 Å². The van der Waals surface area contributed by atoms with Crippen LogP contribution in [-0.4, -0.2) is 29.4 Å². The Morgan fingerprint density at radius 2 is 1.87 bits per heavy atom. The maximum absolute atomic E-state index is 10.4. The zero-order chi connectivity index (χ0) is 11.7. The molecule has 1 aliphatic rings. The highest BCUT2D eigenvalue weighted by atomic mass is 35.5. The average molecular weight is 236 g/mol. The first-order valence-corrected chi connectivity index (χ1v) is 5.48. The van der Waals surface area contributed by atoms with Crippen LogP contribution in [0, 0.1) is 5.92 Å². The highest BCUT2D eigenvalue weighted by Gasteiger charge is 2.13. The van der Waals surface area contributed by atoms with Gasteiger partial charge in [0.25, 0.3) is 5.97 Å². The molecular formula is C10H18ClNO3. The molecule has 0 spiro atoms. The fraction of sp³-hybridized carbons (Fsp3) is 0.800. The summed E-state index contributed by atoms with van der Waals surface area (Å²) in [4.78, 5) is 19.4. The van der Waals surface area contributed by atoms with Gasteiger partial charge in [0.05, 0.1) is 0 Å². The summed E-state index contributed by atoms with van der Waals surface area (Å²) in [6.07, 6.45) is 3.92. The van der Waals surface area contributed by atoms with Crippen molar-refractivity contribution >= 4 is 22.8 Å². The SMILES string of the molecule is CC(=O)O.O=C(Cl)CCC1CCNCC1. The number of piperidine rings is 1. The minimum Gasteiger partial charge on any atom is -0.481 e. The van der Waals surface area contributed by atoms with Gasteiger partial charge in [0.15, 0.2) is 0 Å². The molecule has 0 aliphatic carbocycles. The fourth-order valence-electron chi connectivity index (χ4n) is 1.49. The summed E-state index contributed by atoms with van der Waals surface area (Å²) in [5.74, 6) is -0.112. The number of carbonyl (C=O) groups is 2. The summed E-state index contributed by atoms with van der Waals surface area (Å²) in [5.41, 5.74) is 0. The molecule has 1 fully saturated rings. The molecule has 2 N–H and O–H groups in total. The quantitative estimate of drug-likeness (QED) is 0.730. The van der Waals surface area contributed by atoms with Gasteiger partial charge in [-0.1, -0.05) is 0 Å². The van der Waals surface area contributed by atoms with E-state index in [1.807, 2.05) is 0 Å². The summed E-state index contributed by atoms with van der Waals surface area (Å²) in [5, 5.41) is 10.5. The number of hydrogen-bond donors (Lipinski definition) is 2. The Morgan fingerprint density at radius 3 is 2.27 bits per heavy atom. The number of carbonyl (C=O) groups excluding carboxylic acids is 1. The third-order valence-electron chi connectivity index (χ3n) is 2.21. The molecule has 0 bridgehead atoms. The van der Waals surface area contributed by atoms with Gasteiger partial charge in [-0.2, -0.15) is 0 Å². The van der Waals surface area contributed by atoms with E-state index in [-0.39, 0.29) is 5.24 Å². The summed E-state index contributed by atoms with van der Waals surface area (Å²) in [7, 11) is 0. The highest BCUT2D eigenvalue weighted by Crippen LogP contribution is 2.17. The third-order valence-corrected chi connectivity index (χ3v) is 2.40. The summed E-state index contributed by atoms with van der Waals surface area (Å²) >= 11 is 5.24. The number of aliphatic carboxylic acids is 1. The second-order valence-corrected chi connectivity index (χ2v) is 4.03. The Bertz CT molecular complexity index is 199. The average Bonchev–Trinajstić information content (AvgIpc) is 2.15. The molecule has 88 valence electrons. The molecular weight excluding hydrogens is 218 g/mol. The van der Waals surface area contributed by atoms with Crippen molar-refractivity contribution in [2.75, 3.05) is 13.1 Å². The Labute approximate surface area is 95.0 Å². The first-order chi connectivity index (χ1) is 7.02. The molecule has 0 aromatic rings. The number of rotatable bonds is 3. The molecule has 1 saturated heterocycles. The third kappa shape index (κ3) is 11.3. The summed E-state index contributed by atoms with van der Waals surface area (Å²) in [6, 6.07) is 0. The minimum absolute atomic E-state index is 0.191. The highest BCUT2D eigenvalue weighted by molar-refractivity contribution is 6.63. The number of halogens is 1. The molecule has 0 saturated carbocycles. The molecule has 4 nitrogen and oxygen atoms in total. The van der Waals surface area contributed by atoms with Gasteiger partial charge in [-0.05, 0) is 49.9 Å². The molecule has 5 heteroatoms. The maximum atomic E-state index is 10.4. The van der Waals surface area contributed by atoms with Gasteiger partial charge >= 0.3 is 0 Å². The molecule has 1 aliphatic heterocycles. The van der Waals surface area contributed by atoms with E-state index < -0.39 is 5.97 Å². The van der Waals surface area contributed by atoms with Crippen LogP contribution in [0.4, 0.5) is 0 Å². The lowest BCUT2D eigenvalue weighted by molar-refractivity contribution is -0.134. The van der Waals surface area contributed by atoms with Crippen molar-refractivity contribution in [3.8, 4) is 0 Å². The van der Waals surface area contributed by atoms with Crippen LogP contribution in [0.15, 0.2) is 0 Å². The summed E-state index contributed by atoms with van der Waals surface area (Å²) in [6.45, 7) is 3.28. The molecule has 0 unspecified atom stereocenters. The minimum atomic E-state index is -0.833. The zero-order valence-electron chi connectivity index (χ0n) is 8.96. The van der Waals surface area contributed by atoms with Crippen LogP contribution in [0.5, 0.6) is 0 Å². The van der Waals surface area contributed by atoms with Crippen LogP contribution < -0.4 is 5.32 Å². The predicted molar refractivity (Wildman–Crippen MR) is 59.0 cm³/mol. The van der Waals surface area contributed by atoms with Crippen molar-refractivity contribution in [3.05, 3.63) is 0 Å². The van der Waals surface area contributed by atoms with Crippen LogP contribution >= 0.6 is 11.6 Å². The smallest absolute Gasteiger partial charge is 0.300 e. The van der Waals surface area contributed by atoms with Crippen molar-refractivity contribution in [1.82, 2.24) is 5.32 Å². The molecule has 0 radical (unpaired) electrons. The van der Waals surface area contributed by atoms with Gasteiger partial charge < -0.3 is 10.4 Å². The Kier molecular flexibility index (Phi) is 8.33. The lowest BCUT2D eigenvalue weighted by Gasteiger charge is -2.21. The van der Waals surface area contributed by atoms with Crippen molar-refractivity contribution in [1.29, 1.82) is 0 Å². The number of carboxylic acids is 1. The molecule has 0 atom stereocenters. The Balaban J connectivity index is 0.000000423. The van der Waals surface area contributed by atoms with Crippen LogP contribution in [0.25, 0.3) is 0 Å². The van der Waals surface area contributed by atoms with Gasteiger partial charge in [0, 0.05) is 13.3 Å². The van der Waals surface area contributed by atoms with Crippen molar-refractivity contribution in [2.45, 2.75) is 32.6 Å². The van der Waals surface area contributed by atoms with Crippen molar-refractivity contribution in [3.63, 3.8) is 0 Å². The van der Waals surface area contributed by atoms with Crippen molar-refractivity contribution < 1.29 is 14.7 Å². The van der Waals surface area contributed by atoms with E-state index in [1.54, 1.807) is 0 Å². The van der Waals surface area contributed by atoms with E-state index in [2.05, 4.69) is 5.32 Å². The van der Waals surface area contributed by atoms with Gasteiger partial charge in [0.1, 0.15) is 0 Å². The molecule has 1 rings (SSSR count). The van der Waals surface area contributed by atoms with Gasteiger partial charge in [-0.15, -0.1) is 0 Å². The van der Waals surface area contributed by atoms with Crippen LogP contribution in [0.2, 0.25) is 0 Å². The first kappa shape index (κ1) is 14.4. The molecule has 15 heavy (non-hydrogen) atoms. The zero-order valence-corrected chi connectivity index (χ0v) is 9.72. The van der Waals surface area contributed by atoms with E-state index in [0.717, 1.165) is 32.4 Å². The summed E-state index contributed by atoms with van der Waals surface area (Å²) < 4.78 is 0. The van der Waals surface area contributed by atoms with Gasteiger partial charge in [0.2, 0.25) is 5.24 Å². The first-order valence-electron chi connectivity index (χ1n) is 5.11. The molecule has 0 aromatic carbocycles. The van der Waals surface area contributed by atoms with Crippen LogP contribution in [0.3, 0.4) is 0 Å². The van der Waals surface area contributed by atoms with E-state index in [1.165, 1.54) is 12.8 Å². The van der Waals surface area contributed by atoms with E-state index in [9.17, 15) is 4.79 Å². The monoisotopic (exact) mass is 235 g/mol. The van der Waals surface area contributed by atoms with Crippen molar-refractivity contribution in [2.24, 2.45) is 5.92 Å². The largest absolute Gasteiger partial charge is 0.481 e. The second kappa shape index (κ2) is 8.68. The molecule has 0 amide bonds. The Morgan fingerprint density at radius 1 is 1.40 bits per heavy atom. The maximum Gasteiger partial charge on any atom is 0.300 e. The topological polar surface area (TPSA) is 66.4 Å². The van der Waals surface area contributed by atoms with Gasteiger partial charge in [-0.25, -0.2) is 0 Å². The second-order valence-electron chi connectivity index (χ2n) is 3.61. The Hall–Kier alpha value is -0.610. The molecule has 0 aromatic heterocycles. The van der Waals surface area contributed by atoms with E-state index >= 15 is 0 Å². The van der Waals surface area contributed by atoms with E-state index in [4.69, 9.17) is 21.5 Å². The fourth-order valence-corrected chi connectivity index (χ4v) is 1.60. The van der Waals surface area contributed by atoms with Crippen LogP contribution in [0.1, 0.15) is 32.6 Å². The normalized spacial score (nSPS) is 16.4. The number of nitrogens with one attached hydrogen (secondary N) is 1. The lowest BCUT2D eigenvalue weighted by atomic mass is 9.93. The predicted octanol–water partition coefficient (Wildman–Crippen LogP) is 1.62. The number of hydrogen-bond acceptors (Lipinski definition) is 3.